The first-order chi connectivity index (χ1) is 21.5. The molecular weight excluding hydrogens is 606 g/mol. The Balaban J connectivity index is 3.11. The van der Waals surface area contributed by atoms with Crippen molar-refractivity contribution in [1.29, 1.82) is 5.41 Å². The summed E-state index contributed by atoms with van der Waals surface area (Å²) in [5.74, 6) is -7.21. The molecule has 1 heterocycles. The Morgan fingerprint density at radius 2 is 1.41 bits per heavy atom. The molecule has 0 bridgehead atoms. The van der Waals surface area contributed by atoms with E-state index in [4.69, 9.17) is 22.0 Å². The summed E-state index contributed by atoms with van der Waals surface area (Å²) < 4.78 is 0. The van der Waals surface area contributed by atoms with Crippen molar-refractivity contribution in [3.8, 4) is 0 Å². The van der Waals surface area contributed by atoms with Gasteiger partial charge in [-0.1, -0.05) is 27.7 Å². The summed E-state index contributed by atoms with van der Waals surface area (Å²) >= 11 is 0. The van der Waals surface area contributed by atoms with E-state index in [9.17, 15) is 38.7 Å². The number of carboxylic acids is 2. The van der Waals surface area contributed by atoms with E-state index in [0.717, 1.165) is 0 Å². The van der Waals surface area contributed by atoms with Gasteiger partial charge in [-0.05, 0) is 43.9 Å². The molecule has 18 heteroatoms. The fourth-order valence-electron chi connectivity index (χ4n) is 4.87. The molecule has 0 aromatic rings. The Bertz CT molecular complexity index is 1130. The minimum atomic E-state index is -1.50. The Morgan fingerprint density at radius 3 is 1.91 bits per heavy atom. The number of rotatable bonds is 19. The summed E-state index contributed by atoms with van der Waals surface area (Å²) in [5, 5.41) is 38.4. The smallest absolute Gasteiger partial charge is 0.326 e. The van der Waals surface area contributed by atoms with Crippen LogP contribution in [0.3, 0.4) is 0 Å². The van der Waals surface area contributed by atoms with Gasteiger partial charge in [0.1, 0.15) is 30.2 Å². The first-order valence-electron chi connectivity index (χ1n) is 15.2. The Kier molecular flexibility index (Phi) is 16.4. The lowest BCUT2D eigenvalue weighted by Gasteiger charge is -2.30. The minimum absolute atomic E-state index is 0.0891. The van der Waals surface area contributed by atoms with E-state index < -0.39 is 89.9 Å². The third kappa shape index (κ3) is 12.9. The zero-order chi connectivity index (χ0) is 35.1. The second-order valence-corrected chi connectivity index (χ2v) is 11.8. The van der Waals surface area contributed by atoms with Gasteiger partial charge in [-0.15, -0.1) is 0 Å². The molecule has 0 spiro atoms. The average molecular weight is 656 g/mol. The van der Waals surface area contributed by atoms with Crippen molar-refractivity contribution in [2.75, 3.05) is 19.6 Å². The van der Waals surface area contributed by atoms with E-state index in [1.807, 2.05) is 0 Å². The molecule has 18 nitrogen and oxygen atoms in total. The highest BCUT2D eigenvalue weighted by molar-refractivity contribution is 5.96. The van der Waals surface area contributed by atoms with Crippen LogP contribution in [0.1, 0.15) is 66.2 Å². The summed E-state index contributed by atoms with van der Waals surface area (Å²) in [4.78, 5) is 89.2. The predicted molar refractivity (Wildman–Crippen MR) is 165 cm³/mol. The molecule has 0 aromatic carbocycles. The van der Waals surface area contributed by atoms with Crippen molar-refractivity contribution >= 4 is 47.4 Å². The molecule has 46 heavy (non-hydrogen) atoms. The van der Waals surface area contributed by atoms with Gasteiger partial charge in [0, 0.05) is 19.5 Å². The van der Waals surface area contributed by atoms with Gasteiger partial charge in [-0.25, -0.2) is 4.79 Å². The molecule has 5 amide bonds. The number of carboxylic acid groups (broad SMARTS) is 2. The molecule has 1 fully saturated rings. The summed E-state index contributed by atoms with van der Waals surface area (Å²) in [7, 11) is 0. The highest BCUT2D eigenvalue weighted by Crippen LogP contribution is 2.18. The fraction of sp³-hybridized carbons (Fsp3) is 0.714. The van der Waals surface area contributed by atoms with E-state index in [2.05, 4.69) is 26.6 Å². The topological polar surface area (TPSA) is 299 Å². The number of aliphatic carboxylic acids is 2. The molecule has 0 radical (unpaired) electrons. The number of hydrogen-bond donors (Lipinski definition) is 10. The second kappa shape index (κ2) is 19.1. The minimum Gasteiger partial charge on any atom is -0.481 e. The Labute approximate surface area is 267 Å². The normalized spacial score (nSPS) is 16.9. The quantitative estimate of drug-likeness (QED) is 0.0389. The van der Waals surface area contributed by atoms with Gasteiger partial charge in [0.2, 0.25) is 29.5 Å². The number of guanidine groups is 1. The first-order valence-corrected chi connectivity index (χ1v) is 15.2. The van der Waals surface area contributed by atoms with Gasteiger partial charge in [-0.2, -0.15) is 0 Å². The molecule has 0 aromatic heterocycles. The number of amides is 5. The maximum atomic E-state index is 13.5. The first kappa shape index (κ1) is 39.5. The lowest BCUT2D eigenvalue weighted by atomic mass is 9.98. The molecule has 0 aliphatic carbocycles. The molecule has 5 atom stereocenters. The van der Waals surface area contributed by atoms with Crippen LogP contribution < -0.4 is 38.1 Å². The summed E-state index contributed by atoms with van der Waals surface area (Å²) in [6.45, 7) is 6.83. The van der Waals surface area contributed by atoms with Gasteiger partial charge < -0.3 is 53.2 Å². The van der Waals surface area contributed by atoms with Crippen LogP contribution in [0.25, 0.3) is 0 Å². The molecule has 1 aliphatic heterocycles. The largest absolute Gasteiger partial charge is 0.481 e. The van der Waals surface area contributed by atoms with Gasteiger partial charge in [0.25, 0.3) is 0 Å². The number of hydrogen-bond acceptors (Lipinski definition) is 9. The number of nitrogens with two attached hydrogens (primary N) is 2. The zero-order valence-electron chi connectivity index (χ0n) is 26.8. The molecule has 1 saturated heterocycles. The molecule has 260 valence electrons. The average Bonchev–Trinajstić information content (AvgIpc) is 3.47. The Morgan fingerprint density at radius 1 is 0.848 bits per heavy atom. The van der Waals surface area contributed by atoms with Crippen LogP contribution in [0.15, 0.2) is 0 Å². The maximum absolute atomic E-state index is 13.5. The third-order valence-electron chi connectivity index (χ3n) is 7.42. The molecule has 1 aliphatic rings. The lowest BCUT2D eigenvalue weighted by Crippen LogP contribution is -2.60. The van der Waals surface area contributed by atoms with Crippen LogP contribution in [0.2, 0.25) is 0 Å². The van der Waals surface area contributed by atoms with Crippen molar-refractivity contribution in [1.82, 2.24) is 31.5 Å². The highest BCUT2D eigenvalue weighted by Gasteiger charge is 2.37. The predicted octanol–water partition coefficient (Wildman–Crippen LogP) is -2.60. The number of nitrogens with one attached hydrogen (secondary N) is 6. The van der Waals surface area contributed by atoms with Crippen LogP contribution in [-0.4, -0.2) is 112 Å². The molecule has 0 unspecified atom stereocenters. The summed E-state index contributed by atoms with van der Waals surface area (Å²) in [6.07, 6.45) is 0.485. The van der Waals surface area contributed by atoms with Crippen molar-refractivity contribution in [3.63, 3.8) is 0 Å². The number of nitrogens with zero attached hydrogens (tertiary/aromatic N) is 1. The van der Waals surface area contributed by atoms with Gasteiger partial charge in [-0.3, -0.25) is 34.2 Å². The molecular formula is C28H49N9O9. The number of carbonyl (C=O) groups is 7. The van der Waals surface area contributed by atoms with Crippen molar-refractivity contribution < 1.29 is 43.8 Å². The van der Waals surface area contributed by atoms with E-state index in [-0.39, 0.29) is 31.9 Å². The van der Waals surface area contributed by atoms with E-state index in [1.54, 1.807) is 27.7 Å². The van der Waals surface area contributed by atoms with E-state index in [1.165, 1.54) is 4.90 Å². The van der Waals surface area contributed by atoms with Crippen LogP contribution in [0.5, 0.6) is 0 Å². The fourth-order valence-corrected chi connectivity index (χ4v) is 4.87. The van der Waals surface area contributed by atoms with Crippen LogP contribution in [0.4, 0.5) is 0 Å². The molecule has 1 rings (SSSR count). The van der Waals surface area contributed by atoms with Crippen LogP contribution >= 0.6 is 0 Å². The summed E-state index contributed by atoms with van der Waals surface area (Å²) in [5.41, 5.74) is 10.8. The lowest BCUT2D eigenvalue weighted by molar-refractivity contribution is -0.143. The van der Waals surface area contributed by atoms with Crippen molar-refractivity contribution in [2.24, 2.45) is 23.3 Å². The van der Waals surface area contributed by atoms with E-state index >= 15 is 0 Å². The monoisotopic (exact) mass is 655 g/mol. The van der Waals surface area contributed by atoms with Crippen LogP contribution in [-0.2, 0) is 33.6 Å². The van der Waals surface area contributed by atoms with Crippen LogP contribution in [0, 0.1) is 17.2 Å². The second-order valence-electron chi connectivity index (χ2n) is 11.8. The molecule has 0 saturated carbocycles. The summed E-state index contributed by atoms with van der Waals surface area (Å²) in [6, 6.07) is -5.86. The third-order valence-corrected chi connectivity index (χ3v) is 7.42. The van der Waals surface area contributed by atoms with Gasteiger partial charge in [0.15, 0.2) is 5.96 Å². The van der Waals surface area contributed by atoms with Gasteiger partial charge in [0.05, 0.1) is 6.54 Å². The Hall–Kier alpha value is -4.48. The molecule has 12 N–H and O–H groups in total. The van der Waals surface area contributed by atoms with Crippen molar-refractivity contribution in [3.05, 3.63) is 0 Å². The van der Waals surface area contributed by atoms with Crippen molar-refractivity contribution in [2.45, 2.75) is 96.4 Å². The number of carbonyl (C=O) groups excluding carboxylic acids is 5. The van der Waals surface area contributed by atoms with E-state index in [0.29, 0.717) is 25.8 Å². The SMILES string of the molecule is CC(C)[C@H](NC(=O)[C@H](CCCNC(=N)N)NC(=O)[C@@H]1CCCN1C(=O)CN)C(=O)N[C@H](C(=O)N[C@@H](CCC(=O)O)C(=O)O)C(C)C. The zero-order valence-corrected chi connectivity index (χ0v) is 26.8. The van der Waals surface area contributed by atoms with Gasteiger partial charge >= 0.3 is 11.9 Å². The number of likely N-dealkylation sites (tertiary alicyclic amines) is 1. The standard InChI is InChI=1S/C28H49N9O9/c1-14(2)21(25(43)34-17(27(45)46)9-10-20(39)40)36-26(44)22(15(3)4)35-23(41)16(7-5-11-32-28(30)31)33-24(42)18-8-6-12-37(18)19(38)13-29/h14-18,21-22H,5-13,29H2,1-4H3,(H,33,42)(H,34,43)(H,35,41)(H,36,44)(H,39,40)(H,45,46)(H4,30,31,32)/t16-,17-,18-,21-,22-/m0/s1. The highest BCUT2D eigenvalue weighted by atomic mass is 16.4. The maximum Gasteiger partial charge on any atom is 0.326 e.